The summed E-state index contributed by atoms with van der Waals surface area (Å²) in [5.41, 5.74) is 0.918. The highest BCUT2D eigenvalue weighted by atomic mass is 35.5. The molecule has 2 aromatic rings. The predicted octanol–water partition coefficient (Wildman–Crippen LogP) is 2.62. The standard InChI is InChI=1S/C21H31N5O.ClH/c1-21(2,3)26(15-17-8-6-5-7-9-17)19(27)16-25-13-10-22-14-18(25)20-23-11-12-24(20)4;/h5-9,11-12,18,22H,10,13-16H2,1-4H3;1H. The third-order valence-electron chi connectivity index (χ3n) is 5.14. The minimum atomic E-state index is -0.236. The van der Waals surface area contributed by atoms with E-state index in [9.17, 15) is 4.79 Å². The lowest BCUT2D eigenvalue weighted by atomic mass is 10.0. The van der Waals surface area contributed by atoms with Crippen LogP contribution in [0.25, 0.3) is 0 Å². The van der Waals surface area contributed by atoms with Crippen molar-refractivity contribution in [3.63, 3.8) is 0 Å². The summed E-state index contributed by atoms with van der Waals surface area (Å²) < 4.78 is 2.04. The number of carbonyl (C=O) groups excluding carboxylic acids is 1. The van der Waals surface area contributed by atoms with Gasteiger partial charge in [0.05, 0.1) is 12.6 Å². The van der Waals surface area contributed by atoms with E-state index in [1.54, 1.807) is 0 Å². The fourth-order valence-corrected chi connectivity index (χ4v) is 3.61. The molecule has 1 fully saturated rings. The number of carbonyl (C=O) groups is 1. The number of nitrogens with one attached hydrogen (secondary N) is 1. The number of halogens is 1. The summed E-state index contributed by atoms with van der Waals surface area (Å²) in [4.78, 5) is 22.1. The Morgan fingerprint density at radius 1 is 1.29 bits per heavy atom. The van der Waals surface area contributed by atoms with Crippen molar-refractivity contribution < 1.29 is 4.79 Å². The van der Waals surface area contributed by atoms with Crippen LogP contribution in [-0.4, -0.2) is 57.0 Å². The van der Waals surface area contributed by atoms with Gasteiger partial charge in [-0.1, -0.05) is 30.3 Å². The second kappa shape index (κ2) is 9.54. The van der Waals surface area contributed by atoms with Gasteiger partial charge in [-0.15, -0.1) is 12.4 Å². The van der Waals surface area contributed by atoms with Crippen LogP contribution in [0, 0.1) is 0 Å². The second-order valence-electron chi connectivity index (χ2n) is 8.22. The van der Waals surface area contributed by atoms with E-state index in [1.807, 2.05) is 47.1 Å². The highest BCUT2D eigenvalue weighted by Crippen LogP contribution is 2.23. The van der Waals surface area contributed by atoms with E-state index in [2.05, 4.69) is 48.1 Å². The smallest absolute Gasteiger partial charge is 0.237 e. The maximum absolute atomic E-state index is 13.3. The third kappa shape index (κ3) is 5.34. The van der Waals surface area contributed by atoms with Crippen molar-refractivity contribution in [2.45, 2.75) is 38.9 Å². The molecule has 0 saturated carbocycles. The number of nitrogens with zero attached hydrogens (tertiary/aromatic N) is 4. The number of hydrogen-bond donors (Lipinski definition) is 1. The van der Waals surface area contributed by atoms with Crippen LogP contribution < -0.4 is 5.32 Å². The molecule has 1 saturated heterocycles. The molecular formula is C21H32ClN5O. The first-order chi connectivity index (χ1) is 12.9. The number of hydrogen-bond acceptors (Lipinski definition) is 4. The van der Waals surface area contributed by atoms with Crippen LogP contribution in [0.4, 0.5) is 0 Å². The lowest BCUT2D eigenvalue weighted by molar-refractivity contribution is -0.139. The molecule has 154 valence electrons. The summed E-state index contributed by atoms with van der Waals surface area (Å²) in [6.45, 7) is 9.87. The van der Waals surface area contributed by atoms with Gasteiger partial charge in [0.2, 0.25) is 5.91 Å². The summed E-state index contributed by atoms with van der Waals surface area (Å²) in [6.07, 6.45) is 3.78. The zero-order valence-electron chi connectivity index (χ0n) is 17.3. The molecule has 1 atom stereocenters. The molecule has 1 aromatic carbocycles. The molecule has 1 N–H and O–H groups in total. The van der Waals surface area contributed by atoms with Crippen molar-refractivity contribution >= 4 is 18.3 Å². The molecule has 7 heteroatoms. The number of aromatic nitrogens is 2. The molecule has 3 rings (SSSR count). The number of rotatable bonds is 5. The Morgan fingerprint density at radius 3 is 2.61 bits per heavy atom. The van der Waals surface area contributed by atoms with Gasteiger partial charge in [-0.25, -0.2) is 4.98 Å². The van der Waals surface area contributed by atoms with Crippen LogP contribution in [0.3, 0.4) is 0 Å². The number of piperazine rings is 1. The maximum atomic E-state index is 13.3. The Balaban J connectivity index is 0.00000280. The van der Waals surface area contributed by atoms with E-state index in [-0.39, 0.29) is 29.9 Å². The van der Waals surface area contributed by atoms with Crippen LogP contribution in [0.1, 0.15) is 38.2 Å². The fraction of sp³-hybridized carbons (Fsp3) is 0.524. The van der Waals surface area contributed by atoms with Crippen molar-refractivity contribution in [3.8, 4) is 0 Å². The topological polar surface area (TPSA) is 53.4 Å². The van der Waals surface area contributed by atoms with Gasteiger partial charge < -0.3 is 14.8 Å². The Hall–Kier alpha value is -1.89. The molecular weight excluding hydrogens is 374 g/mol. The van der Waals surface area contributed by atoms with Gasteiger partial charge in [0, 0.05) is 51.2 Å². The zero-order chi connectivity index (χ0) is 19.4. The van der Waals surface area contributed by atoms with Crippen molar-refractivity contribution in [1.29, 1.82) is 0 Å². The summed E-state index contributed by atoms with van der Waals surface area (Å²) in [5, 5.41) is 3.43. The monoisotopic (exact) mass is 405 g/mol. The lowest BCUT2D eigenvalue weighted by Gasteiger charge is -2.40. The Morgan fingerprint density at radius 2 is 2.00 bits per heavy atom. The number of amides is 1. The summed E-state index contributed by atoms with van der Waals surface area (Å²) >= 11 is 0. The van der Waals surface area contributed by atoms with Crippen LogP contribution in [0.15, 0.2) is 42.7 Å². The lowest BCUT2D eigenvalue weighted by Crippen LogP contribution is -2.53. The minimum Gasteiger partial charge on any atom is -0.337 e. The van der Waals surface area contributed by atoms with E-state index in [0.717, 1.165) is 31.0 Å². The number of benzene rings is 1. The Labute approximate surface area is 174 Å². The van der Waals surface area contributed by atoms with Crippen molar-refractivity contribution in [2.75, 3.05) is 26.2 Å². The highest BCUT2D eigenvalue weighted by Gasteiger charge is 2.32. The molecule has 1 aliphatic rings. The van der Waals surface area contributed by atoms with Crippen LogP contribution in [0.2, 0.25) is 0 Å². The van der Waals surface area contributed by atoms with Crippen molar-refractivity contribution in [2.24, 2.45) is 7.05 Å². The van der Waals surface area contributed by atoms with Gasteiger partial charge in [0.15, 0.2) is 0 Å². The van der Waals surface area contributed by atoms with Crippen LogP contribution >= 0.6 is 12.4 Å². The summed E-state index contributed by atoms with van der Waals surface area (Å²) in [6, 6.07) is 10.3. The molecule has 6 nitrogen and oxygen atoms in total. The van der Waals surface area contributed by atoms with Crippen LogP contribution in [-0.2, 0) is 18.4 Å². The molecule has 0 aliphatic carbocycles. The zero-order valence-corrected chi connectivity index (χ0v) is 18.1. The summed E-state index contributed by atoms with van der Waals surface area (Å²) in [5.74, 6) is 1.16. The molecule has 0 spiro atoms. The third-order valence-corrected chi connectivity index (χ3v) is 5.14. The van der Waals surface area contributed by atoms with Gasteiger partial charge in [0.1, 0.15) is 5.82 Å². The molecule has 0 bridgehead atoms. The maximum Gasteiger partial charge on any atom is 0.237 e. The van der Waals surface area contributed by atoms with E-state index in [4.69, 9.17) is 0 Å². The van der Waals surface area contributed by atoms with Gasteiger partial charge >= 0.3 is 0 Å². The van der Waals surface area contributed by atoms with E-state index in [0.29, 0.717) is 13.1 Å². The molecule has 2 heterocycles. The molecule has 0 radical (unpaired) electrons. The van der Waals surface area contributed by atoms with E-state index >= 15 is 0 Å². The molecule has 1 aliphatic heterocycles. The number of aryl methyl sites for hydroxylation is 1. The van der Waals surface area contributed by atoms with Crippen molar-refractivity contribution in [1.82, 2.24) is 24.7 Å². The quantitative estimate of drug-likeness (QED) is 0.830. The largest absolute Gasteiger partial charge is 0.337 e. The minimum absolute atomic E-state index is 0. The van der Waals surface area contributed by atoms with E-state index in [1.165, 1.54) is 0 Å². The normalized spacial score (nSPS) is 17.8. The van der Waals surface area contributed by atoms with Gasteiger partial charge in [-0.2, -0.15) is 0 Å². The van der Waals surface area contributed by atoms with Gasteiger partial charge in [-0.3, -0.25) is 9.69 Å². The second-order valence-corrected chi connectivity index (χ2v) is 8.22. The first kappa shape index (κ1) is 22.4. The SMILES string of the molecule is Cl.Cn1ccnc1C1CNCCN1CC(=O)N(Cc1ccccc1)C(C)(C)C. The molecule has 1 aromatic heterocycles. The first-order valence-corrected chi connectivity index (χ1v) is 9.62. The van der Waals surface area contributed by atoms with Gasteiger partial charge in [-0.05, 0) is 26.3 Å². The average Bonchev–Trinajstić information content (AvgIpc) is 3.06. The number of imidazole rings is 1. The summed E-state index contributed by atoms with van der Waals surface area (Å²) in [7, 11) is 2.01. The fourth-order valence-electron chi connectivity index (χ4n) is 3.61. The molecule has 1 unspecified atom stereocenters. The van der Waals surface area contributed by atoms with Crippen molar-refractivity contribution in [3.05, 3.63) is 54.1 Å². The van der Waals surface area contributed by atoms with Gasteiger partial charge in [0.25, 0.3) is 0 Å². The first-order valence-electron chi connectivity index (χ1n) is 9.62. The molecule has 28 heavy (non-hydrogen) atoms. The Kier molecular flexibility index (Phi) is 7.63. The molecule has 1 amide bonds. The average molecular weight is 406 g/mol. The predicted molar refractivity (Wildman–Crippen MR) is 114 cm³/mol. The van der Waals surface area contributed by atoms with E-state index < -0.39 is 0 Å². The highest BCUT2D eigenvalue weighted by molar-refractivity contribution is 5.85. The Bertz CT molecular complexity index is 756. The van der Waals surface area contributed by atoms with Crippen LogP contribution in [0.5, 0.6) is 0 Å².